The summed E-state index contributed by atoms with van der Waals surface area (Å²) in [6, 6.07) is 17.2. The van der Waals surface area contributed by atoms with Gasteiger partial charge in [0.2, 0.25) is 0 Å². The Labute approximate surface area is 135 Å². The van der Waals surface area contributed by atoms with Crippen molar-refractivity contribution in [2.45, 2.75) is 0 Å². The molecule has 118 valence electrons. The zero-order chi connectivity index (χ0) is 16.1. The summed E-state index contributed by atoms with van der Waals surface area (Å²) in [5, 5.41) is 15.6. The van der Waals surface area contributed by atoms with E-state index in [2.05, 4.69) is 22.1 Å². The highest BCUT2D eigenvalue weighted by molar-refractivity contribution is 5.98. The minimum Gasteiger partial charge on any atom is -0.478 e. The topological polar surface area (TPSA) is 56.1 Å². The summed E-state index contributed by atoms with van der Waals surface area (Å²) in [7, 11) is 0. The van der Waals surface area contributed by atoms with Gasteiger partial charge in [-0.15, -0.1) is 0 Å². The number of nitrogens with zero attached hydrogens (tertiary/aromatic N) is 3. The molecule has 1 aliphatic rings. The molecular formula is C18H19N3O2. The van der Waals surface area contributed by atoms with Crippen LogP contribution in [0.25, 0.3) is 0 Å². The lowest BCUT2D eigenvalue weighted by Gasteiger charge is -2.34. The average molecular weight is 309 g/mol. The fourth-order valence-corrected chi connectivity index (χ4v) is 2.66. The van der Waals surface area contributed by atoms with Crippen LogP contribution in [0.3, 0.4) is 0 Å². The Morgan fingerprint density at radius 2 is 1.61 bits per heavy atom. The van der Waals surface area contributed by atoms with E-state index in [-0.39, 0.29) is 5.56 Å². The maximum absolute atomic E-state index is 11.2. The third-order valence-electron chi connectivity index (χ3n) is 3.93. The summed E-state index contributed by atoms with van der Waals surface area (Å²) in [4.78, 5) is 13.5. The van der Waals surface area contributed by atoms with E-state index in [1.165, 1.54) is 5.69 Å². The molecule has 0 aromatic heterocycles. The predicted octanol–water partition coefficient (Wildman–Crippen LogP) is 2.54. The summed E-state index contributed by atoms with van der Waals surface area (Å²) in [6.07, 6.45) is 1.64. The number of carboxylic acid groups (broad SMARTS) is 1. The van der Waals surface area contributed by atoms with Gasteiger partial charge in [-0.2, -0.15) is 5.10 Å². The van der Waals surface area contributed by atoms with Crippen LogP contribution in [0.15, 0.2) is 59.7 Å². The number of piperazine rings is 1. The van der Waals surface area contributed by atoms with Gasteiger partial charge in [-0.05, 0) is 18.2 Å². The Morgan fingerprint density at radius 3 is 2.30 bits per heavy atom. The molecule has 0 unspecified atom stereocenters. The molecule has 0 amide bonds. The van der Waals surface area contributed by atoms with Gasteiger partial charge < -0.3 is 10.0 Å². The van der Waals surface area contributed by atoms with Crippen molar-refractivity contribution in [3.8, 4) is 0 Å². The Bertz CT molecular complexity index is 692. The van der Waals surface area contributed by atoms with Crippen LogP contribution < -0.4 is 4.90 Å². The van der Waals surface area contributed by atoms with Crippen LogP contribution in [0.5, 0.6) is 0 Å². The smallest absolute Gasteiger partial charge is 0.336 e. The minimum atomic E-state index is -0.930. The van der Waals surface area contributed by atoms with Crippen LogP contribution >= 0.6 is 0 Å². The van der Waals surface area contributed by atoms with Gasteiger partial charge in [-0.25, -0.2) is 4.79 Å². The van der Waals surface area contributed by atoms with Crippen molar-refractivity contribution in [3.63, 3.8) is 0 Å². The van der Waals surface area contributed by atoms with Gasteiger partial charge >= 0.3 is 5.97 Å². The number of hydrogen-bond donors (Lipinski definition) is 1. The molecule has 0 saturated carbocycles. The van der Waals surface area contributed by atoms with Crippen molar-refractivity contribution in [2.75, 3.05) is 31.1 Å². The molecular weight excluding hydrogens is 290 g/mol. The first-order chi connectivity index (χ1) is 11.2. The average Bonchev–Trinajstić information content (AvgIpc) is 2.61. The molecule has 1 fully saturated rings. The number of benzene rings is 2. The Hall–Kier alpha value is -2.82. The van der Waals surface area contributed by atoms with Gasteiger partial charge in [-0.3, -0.25) is 5.01 Å². The van der Waals surface area contributed by atoms with E-state index < -0.39 is 5.97 Å². The fraction of sp³-hybridized carbons (Fsp3) is 0.222. The number of para-hydroxylation sites is 1. The maximum Gasteiger partial charge on any atom is 0.336 e. The van der Waals surface area contributed by atoms with Crippen molar-refractivity contribution < 1.29 is 9.90 Å². The number of aromatic carboxylic acids is 1. The van der Waals surface area contributed by atoms with Crippen molar-refractivity contribution in [3.05, 3.63) is 65.7 Å². The molecule has 1 heterocycles. The molecule has 1 aliphatic heterocycles. The van der Waals surface area contributed by atoms with Gasteiger partial charge in [0.25, 0.3) is 0 Å². The Balaban J connectivity index is 1.62. The highest BCUT2D eigenvalue weighted by atomic mass is 16.4. The summed E-state index contributed by atoms with van der Waals surface area (Å²) < 4.78 is 0. The Morgan fingerprint density at radius 1 is 0.957 bits per heavy atom. The summed E-state index contributed by atoms with van der Waals surface area (Å²) in [5.74, 6) is -0.930. The van der Waals surface area contributed by atoms with Crippen LogP contribution in [0.4, 0.5) is 5.69 Å². The van der Waals surface area contributed by atoms with Gasteiger partial charge in [0.15, 0.2) is 0 Å². The molecule has 5 heteroatoms. The van der Waals surface area contributed by atoms with Crippen LogP contribution in [0.1, 0.15) is 15.9 Å². The molecule has 0 atom stereocenters. The number of rotatable bonds is 4. The van der Waals surface area contributed by atoms with Crippen LogP contribution in [-0.4, -0.2) is 48.5 Å². The lowest BCUT2D eigenvalue weighted by molar-refractivity contribution is 0.0696. The summed E-state index contributed by atoms with van der Waals surface area (Å²) in [5.41, 5.74) is 2.14. The first kappa shape index (κ1) is 15.1. The molecule has 0 bridgehead atoms. The maximum atomic E-state index is 11.2. The van der Waals surface area contributed by atoms with E-state index in [1.54, 1.807) is 24.4 Å². The van der Waals surface area contributed by atoms with Crippen molar-refractivity contribution in [2.24, 2.45) is 5.10 Å². The van der Waals surface area contributed by atoms with Crippen molar-refractivity contribution in [1.82, 2.24) is 5.01 Å². The molecule has 1 saturated heterocycles. The number of hydrazone groups is 1. The molecule has 0 spiro atoms. The van der Waals surface area contributed by atoms with E-state index in [1.807, 2.05) is 29.3 Å². The minimum absolute atomic E-state index is 0.277. The SMILES string of the molecule is O=C(O)c1ccccc1/C=N\N1CCN(c2ccccc2)CC1. The second-order valence-corrected chi connectivity index (χ2v) is 5.41. The second-order valence-electron chi connectivity index (χ2n) is 5.41. The lowest BCUT2D eigenvalue weighted by Crippen LogP contribution is -2.44. The van der Waals surface area contributed by atoms with E-state index >= 15 is 0 Å². The molecule has 23 heavy (non-hydrogen) atoms. The molecule has 0 radical (unpaired) electrons. The highest BCUT2D eigenvalue weighted by Gasteiger charge is 2.15. The molecule has 2 aromatic carbocycles. The second kappa shape index (κ2) is 6.96. The van der Waals surface area contributed by atoms with E-state index in [4.69, 9.17) is 0 Å². The van der Waals surface area contributed by atoms with E-state index in [0.717, 1.165) is 26.2 Å². The van der Waals surface area contributed by atoms with Gasteiger partial charge in [-0.1, -0.05) is 36.4 Å². The van der Waals surface area contributed by atoms with Crippen LogP contribution in [0, 0.1) is 0 Å². The Kier molecular flexibility index (Phi) is 4.57. The molecule has 3 rings (SSSR count). The first-order valence-electron chi connectivity index (χ1n) is 7.65. The van der Waals surface area contributed by atoms with Crippen LogP contribution in [0.2, 0.25) is 0 Å². The number of anilines is 1. The van der Waals surface area contributed by atoms with Crippen LogP contribution in [-0.2, 0) is 0 Å². The standard InChI is InChI=1S/C18H19N3O2/c22-18(23)17-9-5-4-6-15(17)14-19-21-12-10-20(11-13-21)16-7-2-1-3-8-16/h1-9,14H,10-13H2,(H,22,23)/b19-14-. The normalized spacial score (nSPS) is 15.1. The van der Waals surface area contributed by atoms with E-state index in [9.17, 15) is 9.90 Å². The number of hydrogen-bond acceptors (Lipinski definition) is 4. The monoisotopic (exact) mass is 309 g/mol. The molecule has 2 aromatic rings. The third kappa shape index (κ3) is 3.69. The predicted molar refractivity (Wildman–Crippen MR) is 91.2 cm³/mol. The van der Waals surface area contributed by atoms with Gasteiger partial charge in [0, 0.05) is 24.3 Å². The van der Waals surface area contributed by atoms with Gasteiger partial charge in [0.05, 0.1) is 24.9 Å². The third-order valence-corrected chi connectivity index (χ3v) is 3.93. The fourth-order valence-electron chi connectivity index (χ4n) is 2.66. The van der Waals surface area contributed by atoms with E-state index in [0.29, 0.717) is 5.56 Å². The number of carboxylic acids is 1. The number of carbonyl (C=O) groups is 1. The largest absolute Gasteiger partial charge is 0.478 e. The molecule has 5 nitrogen and oxygen atoms in total. The zero-order valence-corrected chi connectivity index (χ0v) is 12.8. The summed E-state index contributed by atoms with van der Waals surface area (Å²) >= 11 is 0. The highest BCUT2D eigenvalue weighted by Crippen LogP contribution is 2.15. The molecule has 0 aliphatic carbocycles. The van der Waals surface area contributed by atoms with Gasteiger partial charge in [0.1, 0.15) is 0 Å². The molecule has 1 N–H and O–H groups in total. The summed E-state index contributed by atoms with van der Waals surface area (Å²) in [6.45, 7) is 3.45. The van der Waals surface area contributed by atoms with Crippen molar-refractivity contribution in [1.29, 1.82) is 0 Å². The quantitative estimate of drug-likeness (QED) is 0.882. The first-order valence-corrected chi connectivity index (χ1v) is 7.65. The lowest BCUT2D eigenvalue weighted by atomic mass is 10.1. The zero-order valence-electron chi connectivity index (χ0n) is 12.8. The van der Waals surface area contributed by atoms with Crippen molar-refractivity contribution >= 4 is 17.9 Å².